The molecule has 0 saturated carbocycles. The maximum atomic E-state index is 12.4. The highest BCUT2D eigenvalue weighted by molar-refractivity contribution is 5.87. The van der Waals surface area contributed by atoms with E-state index in [-0.39, 0.29) is 6.42 Å². The van der Waals surface area contributed by atoms with Gasteiger partial charge in [-0.2, -0.15) is 13.2 Å². The van der Waals surface area contributed by atoms with E-state index in [1.54, 1.807) is 6.92 Å². The summed E-state index contributed by atoms with van der Waals surface area (Å²) in [6, 6.07) is -1.01. The van der Waals surface area contributed by atoms with Crippen molar-refractivity contribution < 1.29 is 22.8 Å². The van der Waals surface area contributed by atoms with Crippen LogP contribution < -0.4 is 5.73 Å². The van der Waals surface area contributed by atoms with Gasteiger partial charge in [0, 0.05) is 14.1 Å². The Morgan fingerprint density at radius 3 is 2.16 bits per heavy atom. The lowest BCUT2D eigenvalue weighted by Crippen LogP contribution is -2.50. The number of halogens is 3. The molecular formula is C11H20F3N3O2. The summed E-state index contributed by atoms with van der Waals surface area (Å²) in [6.45, 7) is -0.322. The molecule has 0 unspecified atom stereocenters. The first-order chi connectivity index (χ1) is 8.58. The zero-order valence-corrected chi connectivity index (χ0v) is 11.3. The van der Waals surface area contributed by atoms with Crippen LogP contribution in [0.2, 0.25) is 0 Å². The maximum absolute atomic E-state index is 12.4. The third-order valence-corrected chi connectivity index (χ3v) is 2.42. The van der Waals surface area contributed by atoms with Crippen molar-refractivity contribution in [2.45, 2.75) is 32.0 Å². The average molecular weight is 283 g/mol. The quantitative estimate of drug-likeness (QED) is 0.776. The van der Waals surface area contributed by atoms with Gasteiger partial charge in [-0.3, -0.25) is 9.59 Å². The van der Waals surface area contributed by atoms with Gasteiger partial charge in [0.25, 0.3) is 0 Å². The maximum Gasteiger partial charge on any atom is 0.406 e. The van der Waals surface area contributed by atoms with Gasteiger partial charge < -0.3 is 15.5 Å². The molecule has 0 aliphatic carbocycles. The average Bonchev–Trinajstić information content (AvgIpc) is 2.25. The minimum Gasteiger partial charge on any atom is -0.347 e. The SMILES string of the molecule is CCC[C@H](N)C(=O)N(CC(=O)N(C)C)CC(F)(F)F. The number of nitrogens with two attached hydrogens (primary N) is 1. The van der Waals surface area contributed by atoms with E-state index >= 15 is 0 Å². The number of alkyl halides is 3. The van der Waals surface area contributed by atoms with Gasteiger partial charge in [-0.15, -0.1) is 0 Å². The zero-order valence-electron chi connectivity index (χ0n) is 11.3. The summed E-state index contributed by atoms with van der Waals surface area (Å²) in [5.74, 6) is -1.43. The fourth-order valence-corrected chi connectivity index (χ4v) is 1.40. The molecule has 0 radical (unpaired) electrons. The lowest BCUT2D eigenvalue weighted by atomic mass is 10.1. The first-order valence-electron chi connectivity index (χ1n) is 5.89. The van der Waals surface area contributed by atoms with Gasteiger partial charge in [0.15, 0.2) is 0 Å². The molecule has 2 N–H and O–H groups in total. The second-order valence-electron chi connectivity index (χ2n) is 4.49. The largest absolute Gasteiger partial charge is 0.406 e. The number of carbonyl (C=O) groups excluding carboxylic acids is 2. The molecule has 0 rings (SSSR count). The third-order valence-electron chi connectivity index (χ3n) is 2.42. The fraction of sp³-hybridized carbons (Fsp3) is 0.818. The Labute approximate surface area is 110 Å². The Kier molecular flexibility index (Phi) is 6.82. The summed E-state index contributed by atoms with van der Waals surface area (Å²) < 4.78 is 37.2. The first-order valence-corrected chi connectivity index (χ1v) is 5.89. The minimum atomic E-state index is -4.56. The van der Waals surface area contributed by atoms with Crippen LogP contribution in [0.4, 0.5) is 13.2 Å². The molecule has 0 spiro atoms. The molecule has 2 amide bonds. The van der Waals surface area contributed by atoms with Crippen molar-refractivity contribution in [3.63, 3.8) is 0 Å². The van der Waals surface area contributed by atoms with Gasteiger partial charge in [-0.1, -0.05) is 13.3 Å². The monoisotopic (exact) mass is 283 g/mol. The van der Waals surface area contributed by atoms with E-state index in [4.69, 9.17) is 5.73 Å². The van der Waals surface area contributed by atoms with E-state index < -0.39 is 37.1 Å². The second-order valence-corrected chi connectivity index (χ2v) is 4.49. The molecule has 0 aliphatic rings. The van der Waals surface area contributed by atoms with Crippen LogP contribution in [0.15, 0.2) is 0 Å². The van der Waals surface area contributed by atoms with Gasteiger partial charge in [0.05, 0.1) is 6.04 Å². The van der Waals surface area contributed by atoms with Gasteiger partial charge in [-0.25, -0.2) is 0 Å². The van der Waals surface area contributed by atoms with E-state index in [1.165, 1.54) is 14.1 Å². The van der Waals surface area contributed by atoms with Gasteiger partial charge in [0.1, 0.15) is 13.1 Å². The van der Waals surface area contributed by atoms with E-state index in [1.807, 2.05) is 0 Å². The Morgan fingerprint density at radius 2 is 1.79 bits per heavy atom. The van der Waals surface area contributed by atoms with Crippen molar-refractivity contribution >= 4 is 11.8 Å². The lowest BCUT2D eigenvalue weighted by Gasteiger charge is -2.27. The van der Waals surface area contributed by atoms with E-state index in [2.05, 4.69) is 0 Å². The minimum absolute atomic E-state index is 0.281. The number of nitrogens with zero attached hydrogens (tertiary/aromatic N) is 2. The summed E-state index contributed by atoms with van der Waals surface area (Å²) >= 11 is 0. The number of amides is 2. The van der Waals surface area contributed by atoms with Crippen LogP contribution >= 0.6 is 0 Å². The number of hydrogen-bond donors (Lipinski definition) is 1. The van der Waals surface area contributed by atoms with Crippen LogP contribution in [0.25, 0.3) is 0 Å². The highest BCUT2D eigenvalue weighted by Gasteiger charge is 2.35. The van der Waals surface area contributed by atoms with Crippen molar-refractivity contribution in [3.8, 4) is 0 Å². The van der Waals surface area contributed by atoms with Crippen molar-refractivity contribution in [1.29, 1.82) is 0 Å². The Morgan fingerprint density at radius 1 is 1.26 bits per heavy atom. The standard InChI is InChI=1S/C11H20F3N3O2/c1-4-5-8(15)10(19)17(7-11(12,13)14)6-9(18)16(2)3/h8H,4-7,15H2,1-3H3/t8-/m0/s1. The molecule has 112 valence electrons. The third kappa shape index (κ3) is 7.00. The molecule has 19 heavy (non-hydrogen) atoms. The van der Waals surface area contributed by atoms with Crippen molar-refractivity contribution in [2.24, 2.45) is 5.73 Å². The fourth-order valence-electron chi connectivity index (χ4n) is 1.40. The molecule has 8 heteroatoms. The van der Waals surface area contributed by atoms with E-state index in [9.17, 15) is 22.8 Å². The van der Waals surface area contributed by atoms with Crippen molar-refractivity contribution in [3.05, 3.63) is 0 Å². The highest BCUT2D eigenvalue weighted by Crippen LogP contribution is 2.17. The van der Waals surface area contributed by atoms with Gasteiger partial charge in [-0.05, 0) is 6.42 Å². The second kappa shape index (κ2) is 7.32. The Bertz CT molecular complexity index is 319. The highest BCUT2D eigenvalue weighted by atomic mass is 19.4. The van der Waals surface area contributed by atoms with Crippen molar-refractivity contribution in [1.82, 2.24) is 9.80 Å². The molecular weight excluding hydrogens is 263 g/mol. The zero-order chi connectivity index (χ0) is 15.2. The van der Waals surface area contributed by atoms with Gasteiger partial charge in [0.2, 0.25) is 11.8 Å². The first kappa shape index (κ1) is 17.7. The van der Waals surface area contributed by atoms with E-state index in [0.717, 1.165) is 4.90 Å². The smallest absolute Gasteiger partial charge is 0.347 e. The molecule has 0 aromatic carbocycles. The Hall–Kier alpha value is -1.31. The molecule has 1 atom stereocenters. The summed E-state index contributed by atoms with van der Waals surface area (Å²) in [7, 11) is 2.81. The van der Waals surface area contributed by atoms with Crippen LogP contribution in [0.3, 0.4) is 0 Å². The predicted molar refractivity (Wildman–Crippen MR) is 64.2 cm³/mol. The Balaban J connectivity index is 4.85. The van der Waals surface area contributed by atoms with Crippen LogP contribution in [-0.4, -0.2) is 61.0 Å². The van der Waals surface area contributed by atoms with E-state index in [0.29, 0.717) is 11.3 Å². The molecule has 5 nitrogen and oxygen atoms in total. The van der Waals surface area contributed by atoms with Crippen molar-refractivity contribution in [2.75, 3.05) is 27.2 Å². The summed E-state index contributed by atoms with van der Waals surface area (Å²) in [6.07, 6.45) is -3.70. The normalized spacial score (nSPS) is 13.0. The topological polar surface area (TPSA) is 66.6 Å². The molecule has 0 fully saturated rings. The predicted octanol–water partition coefficient (Wildman–Crippen LogP) is 0.593. The summed E-state index contributed by atoms with van der Waals surface area (Å²) in [5, 5.41) is 0. The molecule has 0 aliphatic heterocycles. The molecule has 0 saturated heterocycles. The number of hydrogen-bond acceptors (Lipinski definition) is 3. The molecule has 0 heterocycles. The molecule has 0 aromatic rings. The van der Waals surface area contributed by atoms with Gasteiger partial charge >= 0.3 is 6.18 Å². The lowest BCUT2D eigenvalue weighted by molar-refractivity contribution is -0.164. The van der Waals surface area contributed by atoms with Crippen LogP contribution in [0, 0.1) is 0 Å². The van der Waals surface area contributed by atoms with Crippen LogP contribution in [0.1, 0.15) is 19.8 Å². The number of rotatable bonds is 6. The van der Waals surface area contributed by atoms with Crippen LogP contribution in [-0.2, 0) is 9.59 Å². The van der Waals surface area contributed by atoms with Crippen LogP contribution in [0.5, 0.6) is 0 Å². The number of likely N-dealkylation sites (N-methyl/N-ethyl adjacent to an activating group) is 1. The number of carbonyl (C=O) groups is 2. The molecule has 0 aromatic heterocycles. The summed E-state index contributed by atoms with van der Waals surface area (Å²) in [5.41, 5.74) is 5.52. The summed E-state index contributed by atoms with van der Waals surface area (Å²) in [4.78, 5) is 24.8. The molecule has 0 bridgehead atoms.